The van der Waals surface area contributed by atoms with Crippen molar-refractivity contribution in [3.63, 3.8) is 0 Å². The zero-order valence-corrected chi connectivity index (χ0v) is 17.4. The third-order valence-corrected chi connectivity index (χ3v) is 4.67. The summed E-state index contributed by atoms with van der Waals surface area (Å²) in [7, 11) is 0. The summed E-state index contributed by atoms with van der Waals surface area (Å²) in [6, 6.07) is 4.59. The van der Waals surface area contributed by atoms with E-state index in [9.17, 15) is 22.8 Å². The summed E-state index contributed by atoms with van der Waals surface area (Å²) in [4.78, 5) is 32.4. The molecule has 0 atom stereocenters. The lowest BCUT2D eigenvalue weighted by Crippen LogP contribution is -2.24. The van der Waals surface area contributed by atoms with Gasteiger partial charge in [-0.1, -0.05) is 0 Å². The van der Waals surface area contributed by atoms with E-state index < -0.39 is 18.7 Å². The van der Waals surface area contributed by atoms with Gasteiger partial charge in [-0.15, -0.1) is 0 Å². The molecule has 2 N–H and O–H groups in total. The fourth-order valence-corrected chi connectivity index (χ4v) is 3.05. The van der Waals surface area contributed by atoms with Crippen LogP contribution < -0.4 is 15.4 Å². The van der Waals surface area contributed by atoms with Crippen LogP contribution in [0.25, 0.3) is 0 Å². The molecule has 11 heteroatoms. The topological polar surface area (TPSA) is 93.2 Å². The lowest BCUT2D eigenvalue weighted by Gasteiger charge is -2.11. The predicted octanol–water partition coefficient (Wildman–Crippen LogP) is 3.77. The Hall–Kier alpha value is -2.69. The first-order chi connectivity index (χ1) is 14.1. The Morgan fingerprint density at radius 2 is 2.00 bits per heavy atom. The summed E-state index contributed by atoms with van der Waals surface area (Å²) in [6.45, 7) is 0.356. The molecule has 1 saturated carbocycles. The first kappa shape index (κ1) is 22.0. The number of rotatable bonds is 7. The fourth-order valence-electron chi connectivity index (χ4n) is 2.54. The lowest BCUT2D eigenvalue weighted by molar-refractivity contribution is -0.154. The molecule has 2 aromatic rings. The number of amides is 2. The molecule has 160 valence electrons. The first-order valence-corrected chi connectivity index (χ1v) is 9.82. The Balaban J connectivity index is 1.60. The largest absolute Gasteiger partial charge is 0.467 e. The van der Waals surface area contributed by atoms with Crippen molar-refractivity contribution in [3.8, 4) is 5.88 Å². The SMILES string of the molecule is Cc1cc(C(=O)NCc2cnc(OCC(F)(F)F)c(Br)c2)cc(NC(=O)C2CC2)n1. The molecule has 0 saturated heterocycles. The van der Waals surface area contributed by atoms with Crippen LogP contribution in [0.3, 0.4) is 0 Å². The van der Waals surface area contributed by atoms with E-state index in [1.807, 2.05) is 0 Å². The minimum atomic E-state index is -4.46. The molecular formula is C19H18BrF3N4O3. The van der Waals surface area contributed by atoms with E-state index in [2.05, 4.69) is 41.3 Å². The highest BCUT2D eigenvalue weighted by Gasteiger charge is 2.30. The molecule has 2 aromatic heterocycles. The number of nitrogens with one attached hydrogen (secondary N) is 2. The number of hydrogen-bond acceptors (Lipinski definition) is 5. The zero-order valence-electron chi connectivity index (χ0n) is 15.8. The average Bonchev–Trinajstić information content (AvgIpc) is 3.49. The van der Waals surface area contributed by atoms with Crippen molar-refractivity contribution in [3.05, 3.63) is 45.7 Å². The second kappa shape index (κ2) is 8.99. The molecule has 0 aliphatic heterocycles. The summed E-state index contributed by atoms with van der Waals surface area (Å²) < 4.78 is 41.6. The van der Waals surface area contributed by atoms with Crippen LogP contribution in [0.2, 0.25) is 0 Å². The second-order valence-electron chi connectivity index (χ2n) is 6.86. The molecule has 1 fully saturated rings. The maximum absolute atomic E-state index is 12.5. The van der Waals surface area contributed by atoms with E-state index in [-0.39, 0.29) is 28.7 Å². The van der Waals surface area contributed by atoms with E-state index in [1.54, 1.807) is 13.0 Å². The van der Waals surface area contributed by atoms with Crippen LogP contribution in [-0.2, 0) is 11.3 Å². The van der Waals surface area contributed by atoms with E-state index >= 15 is 0 Å². The Morgan fingerprint density at radius 1 is 1.27 bits per heavy atom. The van der Waals surface area contributed by atoms with Crippen molar-refractivity contribution in [2.45, 2.75) is 32.5 Å². The number of alkyl halides is 3. The van der Waals surface area contributed by atoms with Crippen molar-refractivity contribution >= 4 is 33.6 Å². The highest BCUT2D eigenvalue weighted by Crippen LogP contribution is 2.30. The van der Waals surface area contributed by atoms with Gasteiger partial charge in [0.15, 0.2) is 6.61 Å². The van der Waals surface area contributed by atoms with Gasteiger partial charge in [-0.2, -0.15) is 13.2 Å². The van der Waals surface area contributed by atoms with Gasteiger partial charge < -0.3 is 15.4 Å². The summed E-state index contributed by atoms with van der Waals surface area (Å²) in [5.41, 5.74) is 1.46. The van der Waals surface area contributed by atoms with Gasteiger partial charge in [-0.05, 0) is 59.5 Å². The second-order valence-corrected chi connectivity index (χ2v) is 7.72. The molecule has 2 amide bonds. The van der Waals surface area contributed by atoms with Gasteiger partial charge in [-0.25, -0.2) is 9.97 Å². The predicted molar refractivity (Wildman–Crippen MR) is 105 cm³/mol. The summed E-state index contributed by atoms with van der Waals surface area (Å²) >= 11 is 3.11. The number of anilines is 1. The van der Waals surface area contributed by atoms with Gasteiger partial charge in [0.05, 0.1) is 4.47 Å². The summed E-state index contributed by atoms with van der Waals surface area (Å²) in [5.74, 6) is -0.367. The molecule has 0 aromatic carbocycles. The average molecular weight is 487 g/mol. The number of pyridine rings is 2. The van der Waals surface area contributed by atoms with E-state index in [0.29, 0.717) is 22.6 Å². The molecule has 2 heterocycles. The number of aromatic nitrogens is 2. The number of aryl methyl sites for hydroxylation is 1. The standard InChI is InChI=1S/C19H18BrF3N4O3/c1-10-4-13(6-15(26-10)27-17(29)12-2-3-12)16(28)24-7-11-5-14(20)18(25-8-11)30-9-19(21,22)23/h4-6,8,12H,2-3,7,9H2,1H3,(H,24,28)(H,26,27,29). The van der Waals surface area contributed by atoms with Crippen LogP contribution in [0.5, 0.6) is 5.88 Å². The van der Waals surface area contributed by atoms with Gasteiger partial charge in [-0.3, -0.25) is 9.59 Å². The highest BCUT2D eigenvalue weighted by atomic mass is 79.9. The lowest BCUT2D eigenvalue weighted by atomic mass is 10.2. The number of hydrogen-bond donors (Lipinski definition) is 2. The molecule has 0 spiro atoms. The van der Waals surface area contributed by atoms with E-state index in [0.717, 1.165) is 12.8 Å². The van der Waals surface area contributed by atoms with Gasteiger partial charge >= 0.3 is 6.18 Å². The minimum absolute atomic E-state index is 0.0126. The number of carbonyl (C=O) groups is 2. The normalized spacial score (nSPS) is 13.6. The van der Waals surface area contributed by atoms with Crippen molar-refractivity contribution < 1.29 is 27.5 Å². The molecular weight excluding hydrogens is 469 g/mol. The summed E-state index contributed by atoms with van der Waals surface area (Å²) in [6.07, 6.45) is -1.44. The first-order valence-electron chi connectivity index (χ1n) is 9.02. The van der Waals surface area contributed by atoms with Crippen LogP contribution in [0, 0.1) is 12.8 Å². The summed E-state index contributed by atoms with van der Waals surface area (Å²) in [5, 5.41) is 5.41. The monoisotopic (exact) mass is 486 g/mol. The van der Waals surface area contributed by atoms with Crippen LogP contribution in [0.1, 0.15) is 34.5 Å². The zero-order chi connectivity index (χ0) is 21.9. The van der Waals surface area contributed by atoms with Crippen LogP contribution in [0.4, 0.5) is 19.0 Å². The Morgan fingerprint density at radius 3 is 2.63 bits per heavy atom. The minimum Gasteiger partial charge on any atom is -0.467 e. The van der Waals surface area contributed by atoms with Crippen molar-refractivity contribution in [1.29, 1.82) is 0 Å². The molecule has 0 radical (unpaired) electrons. The molecule has 1 aliphatic rings. The van der Waals surface area contributed by atoms with Gasteiger partial charge in [0.25, 0.3) is 5.91 Å². The fraction of sp³-hybridized carbons (Fsp3) is 0.368. The Kier molecular flexibility index (Phi) is 6.59. The number of nitrogens with zero attached hydrogens (tertiary/aromatic N) is 2. The van der Waals surface area contributed by atoms with E-state index in [1.165, 1.54) is 18.3 Å². The molecule has 30 heavy (non-hydrogen) atoms. The molecule has 0 bridgehead atoms. The third kappa shape index (κ3) is 6.41. The Labute approximate surface area is 178 Å². The van der Waals surface area contributed by atoms with Gasteiger partial charge in [0.1, 0.15) is 5.82 Å². The number of halogens is 4. The Bertz CT molecular complexity index is 965. The molecule has 1 aliphatic carbocycles. The van der Waals surface area contributed by atoms with Crippen molar-refractivity contribution in [2.24, 2.45) is 5.92 Å². The van der Waals surface area contributed by atoms with Gasteiger partial charge in [0.2, 0.25) is 11.8 Å². The molecule has 7 nitrogen and oxygen atoms in total. The van der Waals surface area contributed by atoms with Crippen LogP contribution in [-0.4, -0.2) is 34.6 Å². The van der Waals surface area contributed by atoms with E-state index in [4.69, 9.17) is 0 Å². The highest BCUT2D eigenvalue weighted by molar-refractivity contribution is 9.10. The molecule has 0 unspecified atom stereocenters. The van der Waals surface area contributed by atoms with Crippen molar-refractivity contribution in [2.75, 3.05) is 11.9 Å². The van der Waals surface area contributed by atoms with Crippen LogP contribution in [0.15, 0.2) is 28.9 Å². The van der Waals surface area contributed by atoms with Crippen molar-refractivity contribution in [1.82, 2.24) is 15.3 Å². The maximum atomic E-state index is 12.5. The smallest absolute Gasteiger partial charge is 0.422 e. The number of ether oxygens (including phenoxy) is 1. The van der Waals surface area contributed by atoms with Crippen LogP contribution >= 0.6 is 15.9 Å². The van der Waals surface area contributed by atoms with Gasteiger partial charge in [0, 0.05) is 29.9 Å². The quantitative estimate of drug-likeness (QED) is 0.621. The molecule has 3 rings (SSSR count). The maximum Gasteiger partial charge on any atom is 0.422 e. The third-order valence-electron chi connectivity index (χ3n) is 4.10. The number of carbonyl (C=O) groups excluding carboxylic acids is 2.